The maximum atomic E-state index is 13.0. The first-order valence-electron chi connectivity index (χ1n) is 11.6. The normalized spacial score (nSPS) is 12.1. The minimum absolute atomic E-state index is 0.00638. The van der Waals surface area contributed by atoms with Crippen LogP contribution in [0.25, 0.3) is 0 Å². The third kappa shape index (κ3) is 7.26. The third-order valence-electron chi connectivity index (χ3n) is 5.89. The monoisotopic (exact) mass is 458 g/mol. The van der Waals surface area contributed by atoms with Crippen LogP contribution in [0, 0.1) is 5.92 Å². The summed E-state index contributed by atoms with van der Waals surface area (Å²) in [5, 5.41) is 7.14. The van der Waals surface area contributed by atoms with Gasteiger partial charge in [-0.2, -0.15) is 0 Å². The van der Waals surface area contributed by atoms with E-state index in [1.54, 1.807) is 0 Å². The van der Waals surface area contributed by atoms with Crippen LogP contribution in [0.15, 0.2) is 78.9 Å². The van der Waals surface area contributed by atoms with Crippen molar-refractivity contribution >= 4 is 28.8 Å². The summed E-state index contributed by atoms with van der Waals surface area (Å²) in [5.74, 6) is 0.503. The van der Waals surface area contributed by atoms with Crippen molar-refractivity contribution in [3.05, 3.63) is 101 Å². The van der Waals surface area contributed by atoms with Crippen LogP contribution in [0.4, 0.5) is 5.69 Å². The third-order valence-corrected chi connectivity index (χ3v) is 6.14. The fourth-order valence-electron chi connectivity index (χ4n) is 3.75. The maximum absolute atomic E-state index is 13.0. The van der Waals surface area contributed by atoms with E-state index in [0.717, 1.165) is 25.1 Å². The van der Waals surface area contributed by atoms with Crippen molar-refractivity contribution in [2.24, 2.45) is 5.92 Å². The predicted octanol–water partition coefficient (Wildman–Crippen LogP) is 6.77. The van der Waals surface area contributed by atoms with E-state index in [4.69, 9.17) is 12.2 Å². The Morgan fingerprint density at radius 1 is 0.909 bits per heavy atom. The minimum atomic E-state index is 0.00638. The van der Waals surface area contributed by atoms with Crippen molar-refractivity contribution in [3.8, 4) is 0 Å². The molecule has 3 aromatic rings. The molecule has 33 heavy (non-hydrogen) atoms. The lowest BCUT2D eigenvalue weighted by Gasteiger charge is -2.19. The average molecular weight is 459 g/mol. The lowest BCUT2D eigenvalue weighted by atomic mass is 9.86. The van der Waals surface area contributed by atoms with E-state index < -0.39 is 0 Å². The number of rotatable bonds is 8. The number of thiocarbonyl (C=S) groups is 1. The number of benzene rings is 3. The number of ketones is 1. The Morgan fingerprint density at radius 3 is 2.24 bits per heavy atom. The summed E-state index contributed by atoms with van der Waals surface area (Å²) in [5.41, 5.74) is 4.75. The first-order valence-corrected chi connectivity index (χ1v) is 12.0. The van der Waals surface area contributed by atoms with Gasteiger partial charge in [-0.25, -0.2) is 0 Å². The number of nitrogens with one attached hydrogen (secondary N) is 2. The van der Waals surface area contributed by atoms with Gasteiger partial charge in [-0.3, -0.25) is 4.79 Å². The second-order valence-electron chi connectivity index (χ2n) is 9.54. The molecule has 0 aliphatic heterocycles. The molecular formula is C29H34N2OS. The molecule has 0 aliphatic carbocycles. The number of carbonyl (C=O) groups is 1. The van der Waals surface area contributed by atoms with Gasteiger partial charge in [0.15, 0.2) is 10.9 Å². The molecule has 3 nitrogen and oxygen atoms in total. The molecule has 4 heteroatoms. The van der Waals surface area contributed by atoms with Crippen LogP contribution in [0.2, 0.25) is 0 Å². The zero-order valence-corrected chi connectivity index (χ0v) is 20.8. The number of hydrogen-bond donors (Lipinski definition) is 2. The summed E-state index contributed by atoms with van der Waals surface area (Å²) >= 11 is 5.51. The molecule has 172 valence electrons. The molecule has 0 amide bonds. The van der Waals surface area contributed by atoms with Gasteiger partial charge < -0.3 is 10.6 Å². The molecule has 0 spiro atoms. The van der Waals surface area contributed by atoms with Crippen molar-refractivity contribution in [3.63, 3.8) is 0 Å². The van der Waals surface area contributed by atoms with Gasteiger partial charge in [-0.1, -0.05) is 101 Å². The first-order chi connectivity index (χ1) is 15.8. The summed E-state index contributed by atoms with van der Waals surface area (Å²) in [6.07, 6.45) is 2.09. The van der Waals surface area contributed by atoms with E-state index in [9.17, 15) is 4.79 Å². The second kappa shape index (κ2) is 11.2. The molecule has 0 radical (unpaired) electrons. The van der Waals surface area contributed by atoms with Crippen molar-refractivity contribution in [2.75, 3.05) is 11.9 Å². The maximum Gasteiger partial charge on any atom is 0.193 e. The van der Waals surface area contributed by atoms with Crippen LogP contribution >= 0.6 is 12.2 Å². The first kappa shape index (κ1) is 24.7. The lowest BCUT2D eigenvalue weighted by molar-refractivity contribution is 0.103. The lowest BCUT2D eigenvalue weighted by Crippen LogP contribution is -2.33. The van der Waals surface area contributed by atoms with Gasteiger partial charge in [-0.15, -0.1) is 0 Å². The molecule has 3 rings (SSSR count). The molecular weight excluding hydrogens is 424 g/mol. The van der Waals surface area contributed by atoms with E-state index in [1.165, 1.54) is 11.1 Å². The van der Waals surface area contributed by atoms with Crippen molar-refractivity contribution in [1.29, 1.82) is 0 Å². The van der Waals surface area contributed by atoms with Gasteiger partial charge in [-0.05, 0) is 53.2 Å². The van der Waals surface area contributed by atoms with E-state index >= 15 is 0 Å². The fraction of sp³-hybridized carbons (Fsp3) is 0.310. The van der Waals surface area contributed by atoms with Gasteiger partial charge in [0.2, 0.25) is 0 Å². The Morgan fingerprint density at radius 2 is 1.61 bits per heavy atom. The quantitative estimate of drug-likeness (QED) is 0.289. The van der Waals surface area contributed by atoms with Gasteiger partial charge in [0.1, 0.15) is 0 Å². The van der Waals surface area contributed by atoms with Crippen molar-refractivity contribution < 1.29 is 4.79 Å². The summed E-state index contributed by atoms with van der Waals surface area (Å²) < 4.78 is 0. The smallest absolute Gasteiger partial charge is 0.193 e. The fourth-order valence-corrected chi connectivity index (χ4v) is 3.95. The van der Waals surface area contributed by atoms with Crippen LogP contribution in [0.3, 0.4) is 0 Å². The molecule has 0 aromatic heterocycles. The highest BCUT2D eigenvalue weighted by molar-refractivity contribution is 7.80. The Hall–Kier alpha value is -2.98. The number of anilines is 1. The molecule has 3 aromatic carbocycles. The van der Waals surface area contributed by atoms with Crippen molar-refractivity contribution in [1.82, 2.24) is 5.32 Å². The van der Waals surface area contributed by atoms with E-state index in [2.05, 4.69) is 62.6 Å². The van der Waals surface area contributed by atoms with Crippen LogP contribution in [-0.4, -0.2) is 17.4 Å². The predicted molar refractivity (Wildman–Crippen MR) is 143 cm³/mol. The summed E-state index contributed by atoms with van der Waals surface area (Å²) in [6, 6.07) is 25.9. The highest BCUT2D eigenvalue weighted by Crippen LogP contribution is 2.23. The van der Waals surface area contributed by atoms with E-state index in [-0.39, 0.29) is 11.2 Å². The summed E-state index contributed by atoms with van der Waals surface area (Å²) in [4.78, 5) is 13.0. The molecule has 1 atom stereocenters. The summed E-state index contributed by atoms with van der Waals surface area (Å²) in [7, 11) is 0. The SMILES string of the molecule is CC[C@@H](CNC(=S)Nc1cccc(C(=O)c2ccc(C(C)(C)C)cc2)c1)Cc1ccccc1. The zero-order chi connectivity index (χ0) is 23.8. The Kier molecular flexibility index (Phi) is 8.40. The highest BCUT2D eigenvalue weighted by Gasteiger charge is 2.15. The Bertz CT molecular complexity index is 1070. The van der Waals surface area contributed by atoms with Gasteiger partial charge in [0.25, 0.3) is 0 Å². The van der Waals surface area contributed by atoms with Gasteiger partial charge in [0.05, 0.1) is 0 Å². The molecule has 0 fully saturated rings. The topological polar surface area (TPSA) is 41.1 Å². The van der Waals surface area contributed by atoms with Gasteiger partial charge >= 0.3 is 0 Å². The van der Waals surface area contributed by atoms with Crippen molar-refractivity contribution in [2.45, 2.75) is 46.0 Å². The van der Waals surface area contributed by atoms with Crippen LogP contribution in [-0.2, 0) is 11.8 Å². The average Bonchev–Trinajstić information content (AvgIpc) is 2.81. The largest absolute Gasteiger partial charge is 0.362 e. The Labute approximate surface area is 203 Å². The number of hydrogen-bond acceptors (Lipinski definition) is 2. The zero-order valence-electron chi connectivity index (χ0n) is 20.0. The molecule has 0 saturated carbocycles. The Balaban J connectivity index is 1.58. The summed E-state index contributed by atoms with van der Waals surface area (Å²) in [6.45, 7) is 9.51. The molecule has 0 bridgehead atoms. The van der Waals surface area contributed by atoms with Crippen LogP contribution in [0.1, 0.15) is 61.2 Å². The molecule has 0 unspecified atom stereocenters. The van der Waals surface area contributed by atoms with Crippen LogP contribution in [0.5, 0.6) is 0 Å². The number of carbonyl (C=O) groups excluding carboxylic acids is 1. The van der Waals surface area contributed by atoms with Gasteiger partial charge in [0, 0.05) is 23.4 Å². The van der Waals surface area contributed by atoms with E-state index in [0.29, 0.717) is 22.2 Å². The van der Waals surface area contributed by atoms with E-state index in [1.807, 2.05) is 54.6 Å². The minimum Gasteiger partial charge on any atom is -0.362 e. The highest BCUT2D eigenvalue weighted by atomic mass is 32.1. The standard InChI is InChI=1S/C29H34N2OS/c1-5-21(18-22-10-7-6-8-11-22)20-30-28(33)31-26-13-9-12-24(19-26)27(32)23-14-16-25(17-15-23)29(2,3)4/h6-17,19,21H,5,18,20H2,1-4H3,(H2,30,31,33)/t21-/m1/s1. The molecule has 0 saturated heterocycles. The molecule has 0 heterocycles. The molecule has 0 aliphatic rings. The van der Waals surface area contributed by atoms with Crippen LogP contribution < -0.4 is 10.6 Å². The molecule has 2 N–H and O–H groups in total. The second-order valence-corrected chi connectivity index (χ2v) is 9.94.